The molecule has 0 atom stereocenters. The van der Waals surface area contributed by atoms with Crippen LogP contribution in [0.25, 0.3) is 0 Å². The largest absolute Gasteiger partial charge is 0.459 e. The molecule has 0 aliphatic heterocycles. The Bertz CT molecular complexity index is 1260. The van der Waals surface area contributed by atoms with Gasteiger partial charge in [-0.25, -0.2) is 4.79 Å². The van der Waals surface area contributed by atoms with Crippen LogP contribution in [0.1, 0.15) is 53.9 Å². The molecule has 254 valence electrons. The van der Waals surface area contributed by atoms with Crippen molar-refractivity contribution in [3.63, 3.8) is 0 Å². The smallest absolute Gasteiger partial charge is 0.393 e. The molecular weight excluding hydrogens is 698 g/mol. The maximum absolute atomic E-state index is 14.5. The van der Waals surface area contributed by atoms with Gasteiger partial charge >= 0.3 is 58.7 Å². The number of hydrogen-bond acceptors (Lipinski definition) is 4. The van der Waals surface area contributed by atoms with Crippen LogP contribution >= 0.6 is 22.9 Å². The third-order valence-electron chi connectivity index (χ3n) is 6.20. The summed E-state index contributed by atoms with van der Waals surface area (Å²) in [7, 11) is 0. The molecule has 1 aliphatic rings. The van der Waals surface area contributed by atoms with Crippen LogP contribution < -0.4 is 5.32 Å². The molecule has 1 N–H and O–H groups in total. The van der Waals surface area contributed by atoms with Crippen molar-refractivity contribution in [2.45, 2.75) is 98.9 Å². The number of amides is 1. The number of carbonyl (C=O) groups excluding carboxylic acids is 2. The SMILES string of the molecule is CC(C)OC(=O)c1c(NC(=O)C(F)(F)C(F)(F)C(F)(F)C(F)(F)C(F)(F)C(F)(F)C(F)(F)C(F)(F)Cl)sc2c1CCCCC2. The predicted molar refractivity (Wildman–Crippen MR) is 120 cm³/mol. The molecular formula is C22H18ClF16NO3S. The highest BCUT2D eigenvalue weighted by molar-refractivity contribution is 7.17. The first kappa shape index (κ1) is 38.0. The number of alkyl halides is 17. The van der Waals surface area contributed by atoms with Crippen LogP contribution in [0.4, 0.5) is 75.2 Å². The van der Waals surface area contributed by atoms with Crippen LogP contribution in [0.5, 0.6) is 0 Å². The average Bonchev–Trinajstić information content (AvgIpc) is 3.02. The Kier molecular flexibility index (Phi) is 9.98. The van der Waals surface area contributed by atoms with E-state index in [0.29, 0.717) is 19.3 Å². The Labute approximate surface area is 245 Å². The van der Waals surface area contributed by atoms with Crippen LogP contribution in [-0.2, 0) is 22.4 Å². The molecule has 0 saturated heterocycles. The highest BCUT2D eigenvalue weighted by Crippen LogP contribution is 2.64. The van der Waals surface area contributed by atoms with Gasteiger partial charge in [0.1, 0.15) is 5.00 Å². The van der Waals surface area contributed by atoms with Gasteiger partial charge in [-0.3, -0.25) is 4.79 Å². The summed E-state index contributed by atoms with van der Waals surface area (Å²) in [5.74, 6) is -62.6. The van der Waals surface area contributed by atoms with Crippen LogP contribution in [-0.4, -0.2) is 64.8 Å². The number of ether oxygens (including phenoxy) is 1. The number of rotatable bonds is 11. The maximum atomic E-state index is 14.5. The first-order valence-electron chi connectivity index (χ1n) is 11.8. The molecule has 2 rings (SSSR count). The lowest BCUT2D eigenvalue weighted by atomic mass is 9.89. The minimum atomic E-state index is -8.70. The number of halogens is 17. The first-order chi connectivity index (χ1) is 19.4. The first-order valence-corrected chi connectivity index (χ1v) is 13.0. The van der Waals surface area contributed by atoms with Crippen molar-refractivity contribution < 1.29 is 84.6 Å². The lowest BCUT2D eigenvalue weighted by Gasteiger charge is -2.42. The van der Waals surface area contributed by atoms with E-state index in [9.17, 15) is 79.8 Å². The topological polar surface area (TPSA) is 55.4 Å². The van der Waals surface area contributed by atoms with E-state index < -0.39 is 75.4 Å². The summed E-state index contributed by atoms with van der Waals surface area (Å²) in [4.78, 5) is 24.9. The summed E-state index contributed by atoms with van der Waals surface area (Å²) < 4.78 is 225. The van der Waals surface area contributed by atoms with Crippen molar-refractivity contribution in [2.24, 2.45) is 0 Å². The van der Waals surface area contributed by atoms with Crippen molar-refractivity contribution in [1.82, 2.24) is 0 Å². The van der Waals surface area contributed by atoms with Gasteiger partial charge in [0.15, 0.2) is 0 Å². The summed E-state index contributed by atoms with van der Waals surface area (Å²) in [6, 6.07) is 0. The molecule has 1 heterocycles. The second-order valence-electron chi connectivity index (χ2n) is 9.70. The summed E-state index contributed by atoms with van der Waals surface area (Å²) in [6.45, 7) is 2.59. The minimum absolute atomic E-state index is 0.0242. The van der Waals surface area contributed by atoms with Gasteiger partial charge in [-0.1, -0.05) is 6.42 Å². The summed E-state index contributed by atoms with van der Waals surface area (Å²) in [5, 5.41) is -7.03. The van der Waals surface area contributed by atoms with Crippen molar-refractivity contribution in [3.05, 3.63) is 16.0 Å². The Morgan fingerprint density at radius 2 is 1.14 bits per heavy atom. The second-order valence-corrected chi connectivity index (χ2v) is 11.3. The van der Waals surface area contributed by atoms with Gasteiger partial charge in [0.25, 0.3) is 0 Å². The number of fused-ring (bicyclic) bond motifs is 1. The molecule has 44 heavy (non-hydrogen) atoms. The third kappa shape index (κ3) is 5.67. The summed E-state index contributed by atoms with van der Waals surface area (Å²) in [6.07, 6.45) is 0.587. The van der Waals surface area contributed by atoms with Gasteiger partial charge in [-0.15, -0.1) is 11.3 Å². The monoisotopic (exact) mass is 715 g/mol. The molecule has 1 aromatic rings. The highest BCUT2D eigenvalue weighted by Gasteiger charge is 2.95. The zero-order valence-corrected chi connectivity index (χ0v) is 23.2. The van der Waals surface area contributed by atoms with E-state index in [1.54, 1.807) is 0 Å². The normalized spacial score (nSPS) is 16.5. The number of anilines is 1. The van der Waals surface area contributed by atoms with Crippen LogP contribution in [0.3, 0.4) is 0 Å². The van der Waals surface area contributed by atoms with Gasteiger partial charge in [0, 0.05) is 4.88 Å². The van der Waals surface area contributed by atoms with Gasteiger partial charge in [-0.2, -0.15) is 70.2 Å². The predicted octanol–water partition coefficient (Wildman–Crippen LogP) is 8.80. The molecule has 22 heteroatoms. The van der Waals surface area contributed by atoms with E-state index in [0.717, 1.165) is 5.32 Å². The van der Waals surface area contributed by atoms with Gasteiger partial charge < -0.3 is 10.1 Å². The van der Waals surface area contributed by atoms with E-state index in [2.05, 4.69) is 11.6 Å². The molecule has 0 spiro atoms. The molecule has 0 saturated carbocycles. The number of aryl methyl sites for hydroxylation is 1. The van der Waals surface area contributed by atoms with E-state index in [1.165, 1.54) is 13.8 Å². The molecule has 0 aromatic carbocycles. The van der Waals surface area contributed by atoms with Crippen molar-refractivity contribution in [1.29, 1.82) is 0 Å². The Morgan fingerprint density at radius 1 is 0.705 bits per heavy atom. The molecule has 1 aliphatic carbocycles. The molecule has 0 bridgehead atoms. The minimum Gasteiger partial charge on any atom is -0.459 e. The zero-order chi connectivity index (χ0) is 34.7. The Hall–Kier alpha value is -2.19. The van der Waals surface area contributed by atoms with Crippen LogP contribution in [0.15, 0.2) is 0 Å². The molecule has 4 nitrogen and oxygen atoms in total. The van der Waals surface area contributed by atoms with Crippen LogP contribution in [0, 0.1) is 0 Å². The molecule has 0 radical (unpaired) electrons. The van der Waals surface area contributed by atoms with E-state index >= 15 is 0 Å². The number of esters is 1. The third-order valence-corrected chi connectivity index (χ3v) is 7.65. The van der Waals surface area contributed by atoms with E-state index in [-0.39, 0.29) is 34.6 Å². The standard InChI is InChI=1S/C22H18ClF16NO3S/c1-8(2)43-13(41)11-9-6-4-3-5-7-10(9)44-12(11)40-14(42)15(24,25)16(26,27)17(28,29)18(30,31)19(32,33)20(34,35)21(36,37)22(23,38)39/h8H,3-7H2,1-2H3,(H,40,42). The Morgan fingerprint density at radius 3 is 1.59 bits per heavy atom. The fourth-order valence-electron chi connectivity index (χ4n) is 3.81. The number of nitrogens with one attached hydrogen (secondary N) is 1. The fraction of sp³-hybridized carbons (Fsp3) is 0.727. The quantitative estimate of drug-likeness (QED) is 0.108. The average molecular weight is 716 g/mol. The van der Waals surface area contributed by atoms with Crippen molar-refractivity contribution in [3.8, 4) is 0 Å². The molecule has 0 fully saturated rings. The highest BCUT2D eigenvalue weighted by atomic mass is 35.5. The number of carbonyl (C=O) groups is 2. The van der Waals surface area contributed by atoms with Crippen molar-refractivity contribution in [2.75, 3.05) is 5.32 Å². The van der Waals surface area contributed by atoms with Crippen molar-refractivity contribution >= 4 is 39.8 Å². The number of hydrogen-bond donors (Lipinski definition) is 1. The van der Waals surface area contributed by atoms with E-state index in [4.69, 9.17) is 4.74 Å². The lowest BCUT2D eigenvalue weighted by Crippen LogP contribution is -2.75. The summed E-state index contributed by atoms with van der Waals surface area (Å²) in [5.41, 5.74) is -0.667. The number of thiophene rings is 1. The second kappa shape index (κ2) is 11.6. The van der Waals surface area contributed by atoms with E-state index in [1.807, 2.05) is 0 Å². The molecule has 1 aromatic heterocycles. The van der Waals surface area contributed by atoms with Gasteiger partial charge in [0.05, 0.1) is 11.7 Å². The Balaban J connectivity index is 2.60. The summed E-state index contributed by atoms with van der Waals surface area (Å²) >= 11 is 3.77. The van der Waals surface area contributed by atoms with Gasteiger partial charge in [-0.05, 0) is 56.7 Å². The zero-order valence-electron chi connectivity index (χ0n) is 21.7. The van der Waals surface area contributed by atoms with Gasteiger partial charge in [0.2, 0.25) is 0 Å². The molecule has 0 unspecified atom stereocenters. The lowest BCUT2D eigenvalue weighted by molar-refractivity contribution is -0.445. The molecule has 1 amide bonds. The fourth-order valence-corrected chi connectivity index (χ4v) is 5.20. The maximum Gasteiger partial charge on any atom is 0.393 e. The van der Waals surface area contributed by atoms with Crippen LogP contribution in [0.2, 0.25) is 0 Å².